The van der Waals surface area contributed by atoms with Gasteiger partial charge >= 0.3 is 5.97 Å². The molecule has 0 aliphatic carbocycles. The van der Waals surface area contributed by atoms with E-state index in [0.29, 0.717) is 5.75 Å². The Morgan fingerprint density at radius 1 is 1.26 bits per heavy atom. The van der Waals surface area contributed by atoms with Crippen molar-refractivity contribution < 1.29 is 19.1 Å². The second-order valence-electron chi connectivity index (χ2n) is 5.64. The minimum Gasteiger partial charge on any atom is -0.452 e. The van der Waals surface area contributed by atoms with E-state index in [4.69, 9.17) is 9.47 Å². The van der Waals surface area contributed by atoms with E-state index in [0.717, 1.165) is 16.3 Å². The van der Waals surface area contributed by atoms with E-state index in [-0.39, 0.29) is 12.2 Å². The maximum absolute atomic E-state index is 12.2. The maximum atomic E-state index is 12.2. The van der Waals surface area contributed by atoms with Crippen LogP contribution in [-0.2, 0) is 20.7 Å². The molecule has 0 spiro atoms. The summed E-state index contributed by atoms with van der Waals surface area (Å²) in [6.07, 6.45) is -1.09. The molecule has 0 aromatic heterocycles. The Kier molecular flexibility index (Phi) is 3.53. The summed E-state index contributed by atoms with van der Waals surface area (Å²) in [6, 6.07) is 13.4. The lowest BCUT2D eigenvalue weighted by Gasteiger charge is -2.37. The molecule has 1 heterocycles. The van der Waals surface area contributed by atoms with Crippen molar-refractivity contribution in [2.45, 2.75) is 26.6 Å². The third-order valence-corrected chi connectivity index (χ3v) is 4.19. The largest absolute Gasteiger partial charge is 0.452 e. The van der Waals surface area contributed by atoms with Gasteiger partial charge in [-0.25, -0.2) is 0 Å². The van der Waals surface area contributed by atoms with Crippen molar-refractivity contribution in [2.75, 3.05) is 0 Å². The van der Waals surface area contributed by atoms with Crippen molar-refractivity contribution in [1.82, 2.24) is 0 Å². The summed E-state index contributed by atoms with van der Waals surface area (Å²) in [4.78, 5) is 23.5. The number of carbonyl (C=O) groups excluding carboxylic acids is 2. The number of hydrogen-bond donors (Lipinski definition) is 0. The third kappa shape index (κ3) is 2.33. The Balaban J connectivity index is 2.20. The van der Waals surface area contributed by atoms with Crippen molar-refractivity contribution in [3.05, 3.63) is 42.0 Å². The molecule has 0 N–H and O–H groups in total. The van der Waals surface area contributed by atoms with E-state index in [1.54, 1.807) is 6.07 Å². The molecule has 116 valence electrons. The first-order valence-corrected chi connectivity index (χ1v) is 7.25. The molecule has 3 rings (SSSR count). The van der Waals surface area contributed by atoms with Crippen LogP contribution >= 0.6 is 0 Å². The standard InChI is InChI=1S/C18H15NO4/c1-11(20)18(10-19)9-15-14-6-4-3-5-13(14)7-8-16(15)23-17(18)22-12(2)21/h3-8,17H,9H2,1-2H3. The molecule has 0 radical (unpaired) electrons. The van der Waals surface area contributed by atoms with Gasteiger partial charge in [0.15, 0.2) is 11.2 Å². The number of benzene rings is 2. The summed E-state index contributed by atoms with van der Waals surface area (Å²) >= 11 is 0. The van der Waals surface area contributed by atoms with Crippen molar-refractivity contribution in [3.63, 3.8) is 0 Å². The number of Topliss-reactive ketones (excluding diaryl/α,β-unsaturated/α-hetero) is 1. The molecular weight excluding hydrogens is 294 g/mol. The Morgan fingerprint density at radius 2 is 2.00 bits per heavy atom. The van der Waals surface area contributed by atoms with Crippen LogP contribution in [0.15, 0.2) is 36.4 Å². The van der Waals surface area contributed by atoms with Gasteiger partial charge in [0.25, 0.3) is 6.29 Å². The SMILES string of the molecule is CC(=O)OC1Oc2ccc3ccccc3c2CC1(C#N)C(C)=O. The first-order valence-electron chi connectivity index (χ1n) is 7.25. The number of ketones is 1. The number of ether oxygens (including phenoxy) is 2. The van der Waals surface area contributed by atoms with Crippen LogP contribution in [0.1, 0.15) is 19.4 Å². The van der Waals surface area contributed by atoms with Crippen molar-refractivity contribution >= 4 is 22.5 Å². The maximum Gasteiger partial charge on any atom is 0.305 e. The summed E-state index contributed by atoms with van der Waals surface area (Å²) in [5.41, 5.74) is -0.758. The molecule has 0 amide bonds. The minimum absolute atomic E-state index is 0.146. The molecule has 1 aliphatic rings. The van der Waals surface area contributed by atoms with Gasteiger partial charge < -0.3 is 9.47 Å². The van der Waals surface area contributed by atoms with Gasteiger partial charge in [-0.15, -0.1) is 0 Å². The number of esters is 1. The lowest BCUT2D eigenvalue weighted by atomic mass is 9.76. The molecule has 2 aromatic carbocycles. The lowest BCUT2D eigenvalue weighted by Crippen LogP contribution is -2.50. The van der Waals surface area contributed by atoms with Gasteiger partial charge in [0.2, 0.25) is 0 Å². The molecule has 2 atom stereocenters. The Morgan fingerprint density at radius 3 is 2.65 bits per heavy atom. The van der Waals surface area contributed by atoms with Crippen LogP contribution in [0.3, 0.4) is 0 Å². The van der Waals surface area contributed by atoms with Crippen LogP contribution in [0.4, 0.5) is 0 Å². The number of nitrogens with zero attached hydrogens (tertiary/aromatic N) is 1. The predicted octanol–water partition coefficient (Wildman–Crippen LogP) is 2.76. The van der Waals surface area contributed by atoms with Crippen LogP contribution in [0.25, 0.3) is 10.8 Å². The second-order valence-corrected chi connectivity index (χ2v) is 5.64. The van der Waals surface area contributed by atoms with Crippen LogP contribution in [0, 0.1) is 16.7 Å². The molecule has 0 bridgehead atoms. The van der Waals surface area contributed by atoms with Crippen LogP contribution in [0.2, 0.25) is 0 Å². The van der Waals surface area contributed by atoms with Crippen molar-refractivity contribution in [1.29, 1.82) is 5.26 Å². The van der Waals surface area contributed by atoms with Crippen LogP contribution in [-0.4, -0.2) is 18.0 Å². The molecule has 2 unspecified atom stereocenters. The van der Waals surface area contributed by atoms with E-state index in [1.807, 2.05) is 36.4 Å². The zero-order valence-electron chi connectivity index (χ0n) is 12.8. The molecule has 0 saturated heterocycles. The summed E-state index contributed by atoms with van der Waals surface area (Å²) in [5, 5.41) is 11.6. The Bertz CT molecular complexity index is 852. The number of fused-ring (bicyclic) bond motifs is 3. The molecule has 5 heteroatoms. The van der Waals surface area contributed by atoms with Gasteiger partial charge in [-0.3, -0.25) is 9.59 Å². The zero-order valence-corrected chi connectivity index (χ0v) is 12.8. The quantitative estimate of drug-likeness (QED) is 0.797. The smallest absolute Gasteiger partial charge is 0.305 e. The van der Waals surface area contributed by atoms with E-state index < -0.39 is 17.7 Å². The molecule has 23 heavy (non-hydrogen) atoms. The minimum atomic E-state index is -1.54. The summed E-state index contributed by atoms with van der Waals surface area (Å²) in [6.45, 7) is 2.54. The van der Waals surface area contributed by atoms with Gasteiger partial charge in [-0.1, -0.05) is 30.3 Å². The fraction of sp³-hybridized carbons (Fsp3) is 0.278. The average Bonchev–Trinajstić information content (AvgIpc) is 2.53. The fourth-order valence-corrected chi connectivity index (χ4v) is 2.92. The summed E-state index contributed by atoms with van der Waals surface area (Å²) in [7, 11) is 0. The van der Waals surface area contributed by atoms with Crippen molar-refractivity contribution in [2.24, 2.45) is 5.41 Å². The molecule has 2 aromatic rings. The zero-order chi connectivity index (χ0) is 16.6. The van der Waals surface area contributed by atoms with Gasteiger partial charge in [-0.05, 0) is 23.8 Å². The number of rotatable bonds is 2. The molecule has 0 fully saturated rings. The first kappa shape index (κ1) is 15.0. The van der Waals surface area contributed by atoms with E-state index in [2.05, 4.69) is 0 Å². The van der Waals surface area contributed by atoms with E-state index in [1.165, 1.54) is 13.8 Å². The van der Waals surface area contributed by atoms with E-state index >= 15 is 0 Å². The predicted molar refractivity (Wildman–Crippen MR) is 82.6 cm³/mol. The normalized spacial score (nSPS) is 22.6. The van der Waals surface area contributed by atoms with Crippen molar-refractivity contribution in [3.8, 4) is 11.8 Å². The molecule has 5 nitrogen and oxygen atoms in total. The second kappa shape index (κ2) is 5.40. The van der Waals surface area contributed by atoms with Crippen LogP contribution < -0.4 is 4.74 Å². The van der Waals surface area contributed by atoms with Crippen LogP contribution in [0.5, 0.6) is 5.75 Å². The highest BCUT2D eigenvalue weighted by Gasteiger charge is 2.52. The summed E-state index contributed by atoms with van der Waals surface area (Å²) < 4.78 is 10.9. The highest BCUT2D eigenvalue weighted by molar-refractivity contribution is 5.92. The van der Waals surface area contributed by atoms with Gasteiger partial charge in [0, 0.05) is 18.9 Å². The molecule has 0 saturated carbocycles. The topological polar surface area (TPSA) is 76.4 Å². The molecular formula is C18H15NO4. The van der Waals surface area contributed by atoms with Gasteiger partial charge in [-0.2, -0.15) is 5.26 Å². The Labute approximate surface area is 133 Å². The lowest BCUT2D eigenvalue weighted by molar-refractivity contribution is -0.181. The number of nitriles is 1. The summed E-state index contributed by atoms with van der Waals surface area (Å²) in [5.74, 6) is -0.452. The highest BCUT2D eigenvalue weighted by atomic mass is 16.7. The molecule has 1 aliphatic heterocycles. The first-order chi connectivity index (χ1) is 11.0. The third-order valence-electron chi connectivity index (χ3n) is 4.19. The number of hydrogen-bond acceptors (Lipinski definition) is 5. The average molecular weight is 309 g/mol. The van der Waals surface area contributed by atoms with Gasteiger partial charge in [0.05, 0.1) is 6.07 Å². The highest BCUT2D eigenvalue weighted by Crippen LogP contribution is 2.43. The monoisotopic (exact) mass is 309 g/mol. The Hall–Kier alpha value is -2.87. The fourth-order valence-electron chi connectivity index (χ4n) is 2.92. The van der Waals surface area contributed by atoms with E-state index in [9.17, 15) is 14.9 Å². The number of carbonyl (C=O) groups is 2. The van der Waals surface area contributed by atoms with Gasteiger partial charge in [0.1, 0.15) is 5.75 Å².